The maximum absolute atomic E-state index is 12.7. The number of rotatable bonds is 4. The molecule has 0 bridgehead atoms. The van der Waals surface area contributed by atoms with Gasteiger partial charge >= 0.3 is 5.97 Å². The predicted molar refractivity (Wildman–Crippen MR) is 56.5 cm³/mol. The van der Waals surface area contributed by atoms with Crippen molar-refractivity contribution in [3.05, 3.63) is 33.1 Å². The number of aryl methyl sites for hydroxylation is 1. The average molecular weight is 260 g/mol. The van der Waals surface area contributed by atoms with Crippen LogP contribution in [0.4, 0.5) is 14.5 Å². The number of ether oxygens (including phenoxy) is 1. The molecule has 0 aliphatic rings. The summed E-state index contributed by atoms with van der Waals surface area (Å²) in [6.07, 6.45) is -2.16. The van der Waals surface area contributed by atoms with Crippen LogP contribution in [0.15, 0.2) is 6.20 Å². The van der Waals surface area contributed by atoms with Gasteiger partial charge in [0.25, 0.3) is 12.1 Å². The third kappa shape index (κ3) is 2.58. The maximum atomic E-state index is 12.7. The van der Waals surface area contributed by atoms with Gasteiger partial charge in [0.1, 0.15) is 5.69 Å². The zero-order valence-corrected chi connectivity index (χ0v) is 9.65. The summed E-state index contributed by atoms with van der Waals surface area (Å²) in [4.78, 5) is 24.9. The second kappa shape index (κ2) is 5.48. The van der Waals surface area contributed by atoms with E-state index in [9.17, 15) is 23.7 Å². The second-order valence-electron chi connectivity index (χ2n) is 3.33. The summed E-state index contributed by atoms with van der Waals surface area (Å²) < 4.78 is 30.0. The van der Waals surface area contributed by atoms with Crippen LogP contribution in [-0.2, 0) is 4.74 Å². The minimum atomic E-state index is -3.09. The molecule has 0 aliphatic heterocycles. The summed E-state index contributed by atoms with van der Waals surface area (Å²) in [7, 11) is 0. The van der Waals surface area contributed by atoms with E-state index in [1.807, 2.05) is 0 Å². The molecule has 1 aromatic rings. The van der Waals surface area contributed by atoms with Crippen LogP contribution >= 0.6 is 0 Å². The monoisotopic (exact) mass is 260 g/mol. The second-order valence-corrected chi connectivity index (χ2v) is 3.33. The van der Waals surface area contributed by atoms with Crippen LogP contribution in [0.25, 0.3) is 0 Å². The van der Waals surface area contributed by atoms with Gasteiger partial charge in [-0.3, -0.25) is 15.1 Å². The highest BCUT2D eigenvalue weighted by Gasteiger charge is 2.32. The van der Waals surface area contributed by atoms with Gasteiger partial charge in [-0.2, -0.15) is 0 Å². The number of hydrogen-bond donors (Lipinski definition) is 0. The van der Waals surface area contributed by atoms with Crippen molar-refractivity contribution < 1.29 is 23.2 Å². The molecule has 18 heavy (non-hydrogen) atoms. The smallest absolute Gasteiger partial charge is 0.347 e. The van der Waals surface area contributed by atoms with Crippen molar-refractivity contribution in [2.24, 2.45) is 0 Å². The van der Waals surface area contributed by atoms with Crippen LogP contribution in [-0.4, -0.2) is 22.5 Å². The number of nitrogens with zero attached hydrogens (tertiary/aromatic N) is 2. The number of aromatic nitrogens is 1. The SMILES string of the molecule is CCOC(=O)c1c(C(F)F)ncc(C)c1[N+](=O)[O-]. The van der Waals surface area contributed by atoms with Gasteiger partial charge in [0.2, 0.25) is 0 Å². The Hall–Kier alpha value is -2.12. The van der Waals surface area contributed by atoms with E-state index in [1.165, 1.54) is 13.8 Å². The molecule has 1 heterocycles. The van der Waals surface area contributed by atoms with Gasteiger partial charge in [-0.05, 0) is 13.8 Å². The zero-order chi connectivity index (χ0) is 13.9. The molecule has 0 saturated heterocycles. The van der Waals surface area contributed by atoms with Gasteiger partial charge in [-0.15, -0.1) is 0 Å². The largest absolute Gasteiger partial charge is 0.462 e. The van der Waals surface area contributed by atoms with E-state index in [0.29, 0.717) is 0 Å². The number of hydrogen-bond acceptors (Lipinski definition) is 5. The Bertz CT molecular complexity index is 491. The third-order valence-electron chi connectivity index (χ3n) is 2.13. The van der Waals surface area contributed by atoms with E-state index in [-0.39, 0.29) is 12.2 Å². The van der Waals surface area contributed by atoms with Crippen molar-refractivity contribution in [2.45, 2.75) is 20.3 Å². The Morgan fingerprint density at radius 3 is 2.67 bits per heavy atom. The van der Waals surface area contributed by atoms with Crippen molar-refractivity contribution in [2.75, 3.05) is 6.61 Å². The minimum absolute atomic E-state index is 0.0208. The molecular formula is C10H10F2N2O4. The lowest BCUT2D eigenvalue weighted by Gasteiger charge is -2.09. The molecule has 1 rings (SSSR count). The highest BCUT2D eigenvalue weighted by molar-refractivity contribution is 5.95. The third-order valence-corrected chi connectivity index (χ3v) is 2.13. The first-order valence-electron chi connectivity index (χ1n) is 4.99. The van der Waals surface area contributed by atoms with Crippen LogP contribution in [0, 0.1) is 17.0 Å². The minimum Gasteiger partial charge on any atom is -0.462 e. The molecule has 0 N–H and O–H groups in total. The Morgan fingerprint density at radius 1 is 1.61 bits per heavy atom. The van der Waals surface area contributed by atoms with E-state index in [1.54, 1.807) is 0 Å². The lowest BCUT2D eigenvalue weighted by atomic mass is 10.1. The first kappa shape index (κ1) is 13.9. The van der Waals surface area contributed by atoms with Crippen LogP contribution in [0.1, 0.15) is 35.0 Å². The molecule has 0 aromatic carbocycles. The molecular weight excluding hydrogens is 250 g/mol. The first-order chi connectivity index (χ1) is 8.40. The molecule has 8 heteroatoms. The molecule has 0 amide bonds. The normalized spacial score (nSPS) is 10.5. The molecule has 0 saturated carbocycles. The van der Waals surface area contributed by atoms with Gasteiger partial charge < -0.3 is 4.74 Å². The number of halogens is 2. The van der Waals surface area contributed by atoms with Crippen molar-refractivity contribution in [1.29, 1.82) is 0 Å². The quantitative estimate of drug-likeness (QED) is 0.471. The molecule has 0 fully saturated rings. The highest BCUT2D eigenvalue weighted by Crippen LogP contribution is 2.31. The molecule has 0 radical (unpaired) electrons. The molecule has 0 spiro atoms. The van der Waals surface area contributed by atoms with Gasteiger partial charge in [-0.1, -0.05) is 0 Å². The van der Waals surface area contributed by atoms with E-state index < -0.39 is 34.3 Å². The standard InChI is InChI=1S/C10H10F2N2O4/c1-3-18-10(15)6-7(9(11)12)13-4-5(2)8(6)14(16)17/h4,9H,3H2,1-2H3. The fraction of sp³-hybridized carbons (Fsp3) is 0.400. The topological polar surface area (TPSA) is 82.3 Å². The molecule has 0 unspecified atom stereocenters. The predicted octanol–water partition coefficient (Wildman–Crippen LogP) is 2.41. The maximum Gasteiger partial charge on any atom is 0.347 e. The molecule has 0 atom stereocenters. The summed E-state index contributed by atoms with van der Waals surface area (Å²) in [6.45, 7) is 2.70. The Labute approximate surface area is 101 Å². The Morgan fingerprint density at radius 2 is 2.22 bits per heavy atom. The van der Waals surface area contributed by atoms with Crippen LogP contribution in [0.3, 0.4) is 0 Å². The lowest BCUT2D eigenvalue weighted by Crippen LogP contribution is -2.14. The Balaban J connectivity index is 3.53. The number of nitro groups is 1. The van der Waals surface area contributed by atoms with Crippen LogP contribution in [0.5, 0.6) is 0 Å². The van der Waals surface area contributed by atoms with Crippen molar-refractivity contribution in [1.82, 2.24) is 4.98 Å². The van der Waals surface area contributed by atoms with E-state index in [2.05, 4.69) is 9.72 Å². The number of alkyl halides is 2. The zero-order valence-electron chi connectivity index (χ0n) is 9.65. The van der Waals surface area contributed by atoms with Crippen molar-refractivity contribution in [3.63, 3.8) is 0 Å². The van der Waals surface area contributed by atoms with Gasteiger partial charge in [0.05, 0.1) is 11.5 Å². The van der Waals surface area contributed by atoms with Crippen LogP contribution in [0.2, 0.25) is 0 Å². The molecule has 98 valence electrons. The number of carbonyl (C=O) groups is 1. The first-order valence-corrected chi connectivity index (χ1v) is 4.99. The fourth-order valence-corrected chi connectivity index (χ4v) is 1.42. The summed E-state index contributed by atoms with van der Waals surface area (Å²) in [6, 6.07) is 0. The van der Waals surface area contributed by atoms with Gasteiger partial charge in [0.15, 0.2) is 5.56 Å². The van der Waals surface area contributed by atoms with Crippen molar-refractivity contribution >= 4 is 11.7 Å². The summed E-state index contributed by atoms with van der Waals surface area (Å²) in [5.74, 6) is -1.17. The van der Waals surface area contributed by atoms with Crippen LogP contribution < -0.4 is 0 Å². The fourth-order valence-electron chi connectivity index (χ4n) is 1.42. The summed E-state index contributed by atoms with van der Waals surface area (Å²) >= 11 is 0. The van der Waals surface area contributed by atoms with E-state index in [4.69, 9.17) is 0 Å². The highest BCUT2D eigenvalue weighted by atomic mass is 19.3. The molecule has 6 nitrogen and oxygen atoms in total. The lowest BCUT2D eigenvalue weighted by molar-refractivity contribution is -0.385. The van der Waals surface area contributed by atoms with E-state index in [0.717, 1.165) is 6.20 Å². The molecule has 1 aromatic heterocycles. The van der Waals surface area contributed by atoms with E-state index >= 15 is 0 Å². The summed E-state index contributed by atoms with van der Waals surface area (Å²) in [5, 5.41) is 10.9. The Kier molecular flexibility index (Phi) is 4.24. The van der Waals surface area contributed by atoms with Gasteiger partial charge in [0, 0.05) is 11.8 Å². The number of carbonyl (C=O) groups excluding carboxylic acids is 1. The molecule has 0 aliphatic carbocycles. The summed E-state index contributed by atoms with van der Waals surface area (Å²) in [5.41, 5.74) is -2.39. The van der Waals surface area contributed by atoms with Crippen molar-refractivity contribution in [3.8, 4) is 0 Å². The average Bonchev–Trinajstić information content (AvgIpc) is 2.27. The number of pyridine rings is 1. The van der Waals surface area contributed by atoms with Gasteiger partial charge in [-0.25, -0.2) is 13.6 Å². The number of esters is 1.